The topological polar surface area (TPSA) is 84.3 Å². The maximum absolute atomic E-state index is 13.9. The van der Waals surface area contributed by atoms with Crippen molar-refractivity contribution in [3.8, 4) is 0 Å². The van der Waals surface area contributed by atoms with Gasteiger partial charge in [-0.1, -0.05) is 12.1 Å². The Kier molecular flexibility index (Phi) is 6.93. The SMILES string of the molecule is CN(C(=O)C1CCS(=O)(=O)CC1)[C@@H](c1ccc(Nc2cnn(C)c2C(F)(F)F)cc1)C(F)(F)F. The summed E-state index contributed by atoms with van der Waals surface area (Å²) in [4.78, 5) is 13.3. The Hall–Kier alpha value is -2.77. The van der Waals surface area contributed by atoms with E-state index in [9.17, 15) is 39.6 Å². The predicted octanol–water partition coefficient (Wildman–Crippen LogP) is 4.07. The van der Waals surface area contributed by atoms with Gasteiger partial charge in [0.1, 0.15) is 9.84 Å². The van der Waals surface area contributed by atoms with E-state index in [-0.39, 0.29) is 41.3 Å². The van der Waals surface area contributed by atoms with Gasteiger partial charge in [0.05, 0.1) is 23.4 Å². The first-order valence-electron chi connectivity index (χ1n) is 10.1. The van der Waals surface area contributed by atoms with Gasteiger partial charge in [-0.05, 0) is 30.5 Å². The van der Waals surface area contributed by atoms with Crippen LogP contribution in [0.25, 0.3) is 0 Å². The molecule has 0 radical (unpaired) electrons. The number of nitrogens with one attached hydrogen (secondary N) is 1. The Bertz CT molecular complexity index is 1130. The quantitative estimate of drug-likeness (QED) is 0.611. The highest BCUT2D eigenvalue weighted by atomic mass is 32.2. The Balaban J connectivity index is 1.82. The third kappa shape index (κ3) is 5.65. The van der Waals surface area contributed by atoms with Crippen molar-refractivity contribution in [1.82, 2.24) is 14.7 Å². The second kappa shape index (κ2) is 9.12. The van der Waals surface area contributed by atoms with Crippen molar-refractivity contribution in [1.29, 1.82) is 0 Å². The van der Waals surface area contributed by atoms with Crippen molar-refractivity contribution in [3.05, 3.63) is 41.7 Å². The number of alkyl halides is 6. The number of carbonyl (C=O) groups is 1. The highest BCUT2D eigenvalue weighted by Gasteiger charge is 2.46. The summed E-state index contributed by atoms with van der Waals surface area (Å²) in [5.41, 5.74) is -1.62. The summed E-state index contributed by atoms with van der Waals surface area (Å²) in [6.07, 6.45) is -8.69. The maximum Gasteiger partial charge on any atom is 0.435 e. The molecule has 0 spiro atoms. The van der Waals surface area contributed by atoms with Crippen molar-refractivity contribution >= 4 is 27.1 Å². The van der Waals surface area contributed by atoms with E-state index in [2.05, 4.69) is 10.4 Å². The largest absolute Gasteiger partial charge is 0.435 e. The Morgan fingerprint density at radius 3 is 2.18 bits per heavy atom. The molecule has 7 nitrogen and oxygen atoms in total. The smallest absolute Gasteiger partial charge is 0.352 e. The molecule has 1 aromatic carbocycles. The number of benzene rings is 1. The molecule has 1 aliphatic rings. The molecule has 2 heterocycles. The lowest BCUT2D eigenvalue weighted by atomic mass is 9.98. The van der Waals surface area contributed by atoms with E-state index in [4.69, 9.17) is 0 Å². The van der Waals surface area contributed by atoms with Gasteiger partial charge >= 0.3 is 12.4 Å². The van der Waals surface area contributed by atoms with Gasteiger partial charge < -0.3 is 10.2 Å². The zero-order valence-electron chi connectivity index (χ0n) is 18.1. The molecule has 1 saturated heterocycles. The van der Waals surface area contributed by atoms with Crippen LogP contribution in [-0.4, -0.2) is 53.7 Å². The number of halogens is 6. The van der Waals surface area contributed by atoms with E-state index < -0.39 is 45.8 Å². The van der Waals surface area contributed by atoms with Crippen LogP contribution in [0.5, 0.6) is 0 Å². The molecule has 188 valence electrons. The van der Waals surface area contributed by atoms with Gasteiger partial charge in [-0.3, -0.25) is 9.48 Å². The lowest BCUT2D eigenvalue weighted by Crippen LogP contribution is -2.44. The molecule has 1 amide bonds. The molecule has 3 rings (SSSR count). The van der Waals surface area contributed by atoms with Gasteiger partial charge in [-0.25, -0.2) is 8.42 Å². The van der Waals surface area contributed by atoms with Gasteiger partial charge in [-0.2, -0.15) is 31.4 Å². The number of nitrogens with zero attached hydrogens (tertiary/aromatic N) is 3. The number of amides is 1. The van der Waals surface area contributed by atoms with Gasteiger partial charge in [0.25, 0.3) is 0 Å². The highest BCUT2D eigenvalue weighted by molar-refractivity contribution is 7.91. The minimum absolute atomic E-state index is 0.0500. The van der Waals surface area contributed by atoms with Crippen LogP contribution in [0.1, 0.15) is 30.1 Å². The monoisotopic (exact) mass is 512 g/mol. The van der Waals surface area contributed by atoms with Gasteiger partial charge in [0, 0.05) is 25.7 Å². The van der Waals surface area contributed by atoms with Crippen LogP contribution < -0.4 is 5.32 Å². The van der Waals surface area contributed by atoms with Crippen molar-refractivity contribution in [2.24, 2.45) is 13.0 Å². The molecular formula is C20H22F6N4O3S. The number of hydrogen-bond acceptors (Lipinski definition) is 5. The van der Waals surface area contributed by atoms with Gasteiger partial charge in [0.2, 0.25) is 5.91 Å². The summed E-state index contributed by atoms with van der Waals surface area (Å²) in [5, 5.41) is 6.05. The molecule has 0 saturated carbocycles. The fourth-order valence-electron chi connectivity index (χ4n) is 3.95. The summed E-state index contributed by atoms with van der Waals surface area (Å²) < 4.78 is 105. The Morgan fingerprint density at radius 1 is 1.12 bits per heavy atom. The fraction of sp³-hybridized carbons (Fsp3) is 0.500. The Labute approximate surface area is 191 Å². The first kappa shape index (κ1) is 25.8. The molecule has 14 heteroatoms. The van der Waals surface area contributed by atoms with Crippen molar-refractivity contribution in [3.63, 3.8) is 0 Å². The predicted molar refractivity (Wildman–Crippen MR) is 111 cm³/mol. The van der Waals surface area contributed by atoms with E-state index >= 15 is 0 Å². The van der Waals surface area contributed by atoms with Crippen LogP contribution in [0.3, 0.4) is 0 Å². The summed E-state index contributed by atoms with van der Waals surface area (Å²) in [7, 11) is -1.18. The number of rotatable bonds is 5. The molecule has 34 heavy (non-hydrogen) atoms. The van der Waals surface area contributed by atoms with Crippen LogP contribution in [0.4, 0.5) is 37.7 Å². The molecule has 1 N–H and O–H groups in total. The van der Waals surface area contributed by atoms with Crippen LogP contribution in [0.15, 0.2) is 30.5 Å². The number of hydrogen-bond donors (Lipinski definition) is 1. The molecule has 1 aromatic heterocycles. The highest BCUT2D eigenvalue weighted by Crippen LogP contribution is 2.40. The molecule has 0 aliphatic carbocycles. The summed E-state index contributed by atoms with van der Waals surface area (Å²) in [6, 6.07) is 2.18. The zero-order chi connectivity index (χ0) is 25.5. The second-order valence-electron chi connectivity index (χ2n) is 8.09. The molecule has 1 atom stereocenters. The van der Waals surface area contributed by atoms with Gasteiger partial charge in [-0.15, -0.1) is 0 Å². The lowest BCUT2D eigenvalue weighted by molar-refractivity contribution is -0.190. The molecule has 0 unspecified atom stereocenters. The number of carbonyl (C=O) groups excluding carboxylic acids is 1. The summed E-state index contributed by atoms with van der Waals surface area (Å²) in [5.74, 6) is -2.18. The van der Waals surface area contributed by atoms with Crippen LogP contribution in [-0.2, 0) is 27.9 Å². The summed E-state index contributed by atoms with van der Waals surface area (Å²) >= 11 is 0. The first-order chi connectivity index (χ1) is 15.6. The van der Waals surface area contributed by atoms with E-state index in [1.807, 2.05) is 0 Å². The fourth-order valence-corrected chi connectivity index (χ4v) is 5.45. The lowest BCUT2D eigenvalue weighted by Gasteiger charge is -2.34. The average Bonchev–Trinajstić information content (AvgIpc) is 3.08. The van der Waals surface area contributed by atoms with E-state index in [0.29, 0.717) is 9.58 Å². The van der Waals surface area contributed by atoms with Gasteiger partial charge in [0.15, 0.2) is 11.7 Å². The standard InChI is InChI=1S/C20H22F6N4O3S/c1-29(18(31)13-7-9-34(32,33)10-8-13)16(19(21,22)23)12-3-5-14(6-4-12)28-15-11-27-30(2)17(15)20(24,25)26/h3-6,11,13,16,28H,7-10H2,1-2H3/t16-/m0/s1. The van der Waals surface area contributed by atoms with E-state index in [0.717, 1.165) is 32.4 Å². The van der Waals surface area contributed by atoms with Crippen molar-refractivity contribution < 1.29 is 39.6 Å². The minimum atomic E-state index is -4.84. The van der Waals surface area contributed by atoms with Crippen molar-refractivity contribution in [2.75, 3.05) is 23.9 Å². The second-order valence-corrected chi connectivity index (χ2v) is 10.4. The van der Waals surface area contributed by atoms with Crippen LogP contribution in [0, 0.1) is 5.92 Å². The molecule has 0 bridgehead atoms. The molecule has 1 aliphatic heterocycles. The number of sulfone groups is 1. The van der Waals surface area contributed by atoms with E-state index in [1.54, 1.807) is 0 Å². The zero-order valence-corrected chi connectivity index (χ0v) is 18.9. The maximum atomic E-state index is 13.9. The molecule has 2 aromatic rings. The summed E-state index contributed by atoms with van der Waals surface area (Å²) in [6.45, 7) is 0. The normalized spacial score (nSPS) is 17.9. The average molecular weight is 512 g/mol. The Morgan fingerprint density at radius 2 is 1.68 bits per heavy atom. The first-order valence-corrected chi connectivity index (χ1v) is 11.9. The van der Waals surface area contributed by atoms with E-state index in [1.165, 1.54) is 12.1 Å². The third-order valence-corrected chi connectivity index (χ3v) is 7.38. The third-order valence-electron chi connectivity index (χ3n) is 5.66. The number of aromatic nitrogens is 2. The van der Waals surface area contributed by atoms with Crippen LogP contribution >= 0.6 is 0 Å². The van der Waals surface area contributed by atoms with Crippen molar-refractivity contribution in [2.45, 2.75) is 31.2 Å². The number of anilines is 2. The molecular weight excluding hydrogens is 490 g/mol. The number of aryl methyl sites for hydroxylation is 1. The minimum Gasteiger partial charge on any atom is -0.352 e. The van der Waals surface area contributed by atoms with Crippen LogP contribution in [0.2, 0.25) is 0 Å². The molecule has 1 fully saturated rings.